The molecule has 0 saturated carbocycles. The number of carbonyl (C=O) groups excluding carboxylic acids is 7. The van der Waals surface area contributed by atoms with Crippen LogP contribution in [0.15, 0.2) is 94.9 Å². The van der Waals surface area contributed by atoms with E-state index >= 15 is 0 Å². The van der Waals surface area contributed by atoms with Gasteiger partial charge >= 0.3 is 0 Å². The highest BCUT2D eigenvalue weighted by Crippen LogP contribution is 2.16. The summed E-state index contributed by atoms with van der Waals surface area (Å²) in [5.41, 5.74) is 29.9. The fourth-order valence-electron chi connectivity index (χ4n) is 6.83. The highest BCUT2D eigenvalue weighted by Gasteiger charge is 2.33. The van der Waals surface area contributed by atoms with Crippen LogP contribution >= 0.6 is 0 Å². The average molecular weight is 956 g/mol. The van der Waals surface area contributed by atoms with Gasteiger partial charge in [-0.15, -0.1) is 0 Å². The van der Waals surface area contributed by atoms with Gasteiger partial charge in [-0.2, -0.15) is 0 Å². The molecule has 0 aliphatic carbocycles. The maximum atomic E-state index is 14.5. The van der Waals surface area contributed by atoms with Gasteiger partial charge in [0, 0.05) is 38.4 Å². The summed E-state index contributed by atoms with van der Waals surface area (Å²) < 4.78 is 13.9. The molecule has 3 aromatic carbocycles. The summed E-state index contributed by atoms with van der Waals surface area (Å²) in [6, 6.07) is 14.6. The van der Waals surface area contributed by atoms with Crippen LogP contribution < -0.4 is 60.6 Å². The van der Waals surface area contributed by atoms with Crippen molar-refractivity contribution in [2.75, 3.05) is 13.1 Å². The van der Waals surface area contributed by atoms with Crippen LogP contribution in [0.25, 0.3) is 6.08 Å². The number of nitrogens with zero attached hydrogens (tertiary/aromatic N) is 2. The summed E-state index contributed by atoms with van der Waals surface area (Å²) in [6.45, 7) is 5.67. The summed E-state index contributed by atoms with van der Waals surface area (Å²) in [5, 5.41) is 16.2. The van der Waals surface area contributed by atoms with E-state index in [1.54, 1.807) is 61.5 Å². The van der Waals surface area contributed by atoms with Gasteiger partial charge in [0.2, 0.25) is 41.4 Å². The topological polar surface area (TPSA) is 346 Å². The smallest absolute Gasteiger partial charge is 0.244 e. The zero-order chi connectivity index (χ0) is 50.9. The number of hydrogen-bond acceptors (Lipinski definition) is 9. The van der Waals surface area contributed by atoms with Gasteiger partial charge in [0.25, 0.3) is 0 Å². The Morgan fingerprint density at radius 3 is 1.71 bits per heavy atom. The number of primary amides is 1. The predicted octanol–water partition coefficient (Wildman–Crippen LogP) is 0.545. The lowest BCUT2D eigenvalue weighted by molar-refractivity contribution is -0.135. The summed E-state index contributed by atoms with van der Waals surface area (Å²) in [4.78, 5) is 102. The molecule has 21 heteroatoms. The van der Waals surface area contributed by atoms with Crippen molar-refractivity contribution < 1.29 is 38.0 Å². The largest absolute Gasteiger partial charge is 0.370 e. The van der Waals surface area contributed by atoms with Gasteiger partial charge in [0.05, 0.1) is 5.69 Å². The van der Waals surface area contributed by atoms with E-state index in [0.717, 1.165) is 5.56 Å². The number of nitrogens with two attached hydrogens (primary N) is 5. The zero-order valence-electron chi connectivity index (χ0n) is 39.2. The van der Waals surface area contributed by atoms with Crippen molar-refractivity contribution >= 4 is 65.0 Å². The average Bonchev–Trinajstić information content (AvgIpc) is 3.30. The molecule has 20 nitrogen and oxygen atoms in total. The first-order valence-electron chi connectivity index (χ1n) is 22.6. The Morgan fingerprint density at radius 2 is 1.14 bits per heavy atom. The van der Waals surface area contributed by atoms with Crippen LogP contribution in [-0.2, 0) is 46.4 Å². The third kappa shape index (κ3) is 21.6. The molecule has 0 heterocycles. The summed E-state index contributed by atoms with van der Waals surface area (Å²) in [6.07, 6.45) is 3.60. The highest BCUT2D eigenvalue weighted by atomic mass is 19.1. The Labute approximate surface area is 401 Å². The summed E-state index contributed by atoms with van der Waals surface area (Å²) in [5.74, 6) is -5.73. The van der Waals surface area contributed by atoms with Crippen molar-refractivity contribution in [3.8, 4) is 0 Å². The van der Waals surface area contributed by atoms with Gasteiger partial charge < -0.3 is 60.6 Å². The molecule has 0 fully saturated rings. The maximum Gasteiger partial charge on any atom is 0.244 e. The Hall–Kier alpha value is -7.84. The summed E-state index contributed by atoms with van der Waals surface area (Å²) >= 11 is 0. The number of benzene rings is 3. The van der Waals surface area contributed by atoms with E-state index in [2.05, 4.69) is 41.9 Å². The number of halogens is 1. The fourth-order valence-corrected chi connectivity index (χ4v) is 6.83. The Kier molecular flexibility index (Phi) is 23.3. The van der Waals surface area contributed by atoms with E-state index in [-0.39, 0.29) is 81.8 Å². The van der Waals surface area contributed by atoms with Gasteiger partial charge in [0.1, 0.15) is 36.0 Å². The lowest BCUT2D eigenvalue weighted by Gasteiger charge is -2.28. The minimum absolute atomic E-state index is 0.00493. The van der Waals surface area contributed by atoms with Crippen molar-refractivity contribution in [1.29, 1.82) is 0 Å². The fraction of sp³-hybridized carbons (Fsp3) is 0.396. The lowest BCUT2D eigenvalue weighted by atomic mass is 9.99. The third-order valence-corrected chi connectivity index (χ3v) is 10.4. The molecule has 0 saturated heterocycles. The van der Waals surface area contributed by atoms with Crippen molar-refractivity contribution in [1.82, 2.24) is 31.9 Å². The second kappa shape index (κ2) is 29.0. The molecule has 5 atom stereocenters. The van der Waals surface area contributed by atoms with Crippen LogP contribution in [0.1, 0.15) is 76.0 Å². The molecule has 0 aliphatic rings. The number of rotatable bonds is 28. The van der Waals surface area contributed by atoms with Crippen LogP contribution in [0, 0.1) is 11.7 Å². The quantitative estimate of drug-likeness (QED) is 0.0207. The first-order chi connectivity index (χ1) is 32.8. The molecule has 3 rings (SSSR count). The van der Waals surface area contributed by atoms with Gasteiger partial charge in [0.15, 0.2) is 11.9 Å². The third-order valence-electron chi connectivity index (χ3n) is 10.4. The molecule has 69 heavy (non-hydrogen) atoms. The van der Waals surface area contributed by atoms with Crippen LogP contribution in [0.3, 0.4) is 0 Å². The summed E-state index contributed by atoms with van der Waals surface area (Å²) in [7, 11) is 0. The Morgan fingerprint density at radius 1 is 0.623 bits per heavy atom. The minimum atomic E-state index is -1.36. The van der Waals surface area contributed by atoms with E-state index in [9.17, 15) is 38.0 Å². The van der Waals surface area contributed by atoms with Gasteiger partial charge in [-0.05, 0) is 85.1 Å². The van der Waals surface area contributed by atoms with Crippen LogP contribution in [0.2, 0.25) is 0 Å². The van der Waals surface area contributed by atoms with Gasteiger partial charge in [-0.3, -0.25) is 38.6 Å². The van der Waals surface area contributed by atoms with Gasteiger partial charge in [-0.1, -0.05) is 75.4 Å². The standard InChI is InChI=1S/C48H66FN13O7/c1-4-40(63)55-24-8-12-35(42(50)65)59-43(66)36(13-9-25-56-47(51)52)60-44(67)37(26-29(2)3)61-46(69)39(28-32-16-21-34(22-17-32)57-48(53)54)62-45(68)38(27-31-14-19-33(49)20-15-31)58-41(64)23-18-30-10-6-5-7-11-30/h5-7,10-11,14-23,29,35-39H,4,8-9,12-13,24-28H2,1-3H3,(H2,50,65)(H,55,63)(H,58,64)(H,59,66)(H,60,67)(H,61,69)(H,62,68)(H4,51,52,56)(H4,53,54,57)/b23-18+/t35-,36-,37-,38-,39-/m0/s1. The molecular formula is C48H66FN13O7. The number of guanidine groups is 2. The predicted molar refractivity (Wildman–Crippen MR) is 262 cm³/mol. The molecule has 372 valence electrons. The molecule has 0 aliphatic heterocycles. The molecular weight excluding hydrogens is 890 g/mol. The lowest BCUT2D eigenvalue weighted by Crippen LogP contribution is -2.59. The van der Waals surface area contributed by atoms with Gasteiger partial charge in [-0.25, -0.2) is 9.38 Å². The second-order valence-corrected chi connectivity index (χ2v) is 16.6. The SMILES string of the molecule is CCC(=O)NCCC[C@H](NC(=O)[C@H](CCCN=C(N)N)NC(=O)[C@H](CC(C)C)NC(=O)[C@H](Cc1ccc(N=C(N)N)cc1)NC(=O)[C@H](Cc1ccc(F)cc1)NC(=O)/C=C/c1ccccc1)C(N)=O. The van der Waals surface area contributed by atoms with E-state index in [0.29, 0.717) is 23.2 Å². The van der Waals surface area contributed by atoms with Crippen LogP contribution in [0.4, 0.5) is 10.1 Å². The first-order valence-corrected chi connectivity index (χ1v) is 22.6. The first kappa shape index (κ1) is 55.5. The zero-order valence-corrected chi connectivity index (χ0v) is 39.2. The van der Waals surface area contributed by atoms with Crippen molar-refractivity contribution in [2.45, 2.75) is 102 Å². The molecule has 0 spiro atoms. The Balaban J connectivity index is 1.96. The number of carbonyl (C=O) groups is 7. The highest BCUT2D eigenvalue weighted by molar-refractivity contribution is 5.98. The number of nitrogens with one attached hydrogen (secondary N) is 6. The number of hydrogen-bond donors (Lipinski definition) is 11. The molecule has 0 radical (unpaired) electrons. The molecule has 3 aromatic rings. The van der Waals surface area contributed by atoms with Crippen LogP contribution in [-0.4, -0.2) is 96.6 Å². The van der Waals surface area contributed by atoms with Crippen molar-refractivity contribution in [3.63, 3.8) is 0 Å². The van der Waals surface area contributed by atoms with E-state index < -0.39 is 71.5 Å². The monoisotopic (exact) mass is 956 g/mol. The molecule has 0 bridgehead atoms. The number of amides is 7. The van der Waals surface area contributed by atoms with Crippen LogP contribution in [0.5, 0.6) is 0 Å². The van der Waals surface area contributed by atoms with Crippen molar-refractivity contribution in [2.24, 2.45) is 44.6 Å². The molecule has 16 N–H and O–H groups in total. The Bertz CT molecular complexity index is 2270. The number of aliphatic imine (C=N–C) groups is 2. The molecule has 0 unspecified atom stereocenters. The molecule has 0 aromatic heterocycles. The van der Waals surface area contributed by atoms with E-state index in [1.807, 2.05) is 19.9 Å². The maximum absolute atomic E-state index is 14.5. The minimum Gasteiger partial charge on any atom is -0.370 e. The van der Waals surface area contributed by atoms with E-state index in [4.69, 9.17) is 28.7 Å². The molecule has 7 amide bonds. The van der Waals surface area contributed by atoms with E-state index in [1.165, 1.54) is 30.3 Å². The van der Waals surface area contributed by atoms with Crippen molar-refractivity contribution in [3.05, 3.63) is 107 Å². The second-order valence-electron chi connectivity index (χ2n) is 16.6. The normalized spacial score (nSPS) is 13.1.